The van der Waals surface area contributed by atoms with Crippen molar-refractivity contribution in [2.24, 2.45) is 10.8 Å². The number of rotatable bonds is 5. The number of hydrogen-bond donors (Lipinski definition) is 0. The molecule has 2 heteroatoms. The van der Waals surface area contributed by atoms with E-state index in [4.69, 9.17) is 4.74 Å². The second-order valence-electron chi connectivity index (χ2n) is 8.33. The van der Waals surface area contributed by atoms with Crippen molar-refractivity contribution in [2.75, 3.05) is 13.2 Å². The molecule has 0 amide bonds. The Labute approximate surface area is 135 Å². The second kappa shape index (κ2) is 5.73. The molecule has 3 rings (SSSR count). The summed E-state index contributed by atoms with van der Waals surface area (Å²) in [5.41, 5.74) is 2.27. The van der Waals surface area contributed by atoms with Gasteiger partial charge in [-0.1, -0.05) is 51.6 Å². The average molecular weight is 299 g/mol. The van der Waals surface area contributed by atoms with Gasteiger partial charge in [0, 0.05) is 24.7 Å². The number of para-hydroxylation sites is 1. The first-order valence-electron chi connectivity index (χ1n) is 8.47. The molecule has 0 radical (unpaired) electrons. The molecule has 0 spiro atoms. The number of ether oxygens (including phenoxy) is 1. The van der Waals surface area contributed by atoms with E-state index in [9.17, 15) is 0 Å². The number of likely N-dealkylation sites (tertiary alicyclic amines) is 1. The maximum atomic E-state index is 5.83. The van der Waals surface area contributed by atoms with Gasteiger partial charge in [-0.25, -0.2) is 0 Å². The van der Waals surface area contributed by atoms with Crippen molar-refractivity contribution < 1.29 is 4.74 Å². The first-order chi connectivity index (χ1) is 10.4. The van der Waals surface area contributed by atoms with Crippen molar-refractivity contribution in [1.29, 1.82) is 0 Å². The van der Waals surface area contributed by atoms with Crippen LogP contribution < -0.4 is 4.74 Å². The van der Waals surface area contributed by atoms with Gasteiger partial charge in [0.1, 0.15) is 12.4 Å². The Morgan fingerprint density at radius 3 is 2.82 bits per heavy atom. The molecular formula is C20H29NO. The van der Waals surface area contributed by atoms with Crippen molar-refractivity contribution in [2.45, 2.75) is 52.6 Å². The van der Waals surface area contributed by atoms with Crippen LogP contribution in [0.15, 0.2) is 36.9 Å². The molecule has 0 unspecified atom stereocenters. The smallest absolute Gasteiger partial charge is 0.124 e. The highest BCUT2D eigenvalue weighted by Gasteiger charge is 2.49. The van der Waals surface area contributed by atoms with E-state index in [2.05, 4.69) is 56.5 Å². The highest BCUT2D eigenvalue weighted by Crippen LogP contribution is 2.52. The first kappa shape index (κ1) is 15.6. The van der Waals surface area contributed by atoms with Gasteiger partial charge in [-0.3, -0.25) is 4.90 Å². The molecule has 2 nitrogen and oxygen atoms in total. The van der Waals surface area contributed by atoms with Crippen LogP contribution in [0.2, 0.25) is 0 Å². The van der Waals surface area contributed by atoms with E-state index >= 15 is 0 Å². The molecule has 1 aliphatic heterocycles. The van der Waals surface area contributed by atoms with Crippen molar-refractivity contribution >= 4 is 0 Å². The molecule has 2 aliphatic rings. The second-order valence-corrected chi connectivity index (χ2v) is 8.33. The minimum absolute atomic E-state index is 0.477. The number of benzene rings is 1. The summed E-state index contributed by atoms with van der Waals surface area (Å²) in [5, 5.41) is 0. The zero-order valence-corrected chi connectivity index (χ0v) is 14.3. The molecule has 0 aromatic heterocycles. The van der Waals surface area contributed by atoms with Gasteiger partial charge in [-0.05, 0) is 36.2 Å². The normalized spacial score (nSPS) is 30.2. The van der Waals surface area contributed by atoms with E-state index in [1.165, 1.54) is 31.4 Å². The molecule has 120 valence electrons. The molecule has 1 aromatic carbocycles. The molecule has 1 saturated carbocycles. The summed E-state index contributed by atoms with van der Waals surface area (Å²) in [7, 11) is 0. The van der Waals surface area contributed by atoms with Crippen molar-refractivity contribution in [3.05, 3.63) is 42.5 Å². The van der Waals surface area contributed by atoms with Crippen LogP contribution in [-0.4, -0.2) is 24.1 Å². The molecule has 0 N–H and O–H groups in total. The molecule has 2 bridgehead atoms. The van der Waals surface area contributed by atoms with E-state index in [0.29, 0.717) is 17.4 Å². The van der Waals surface area contributed by atoms with Gasteiger partial charge < -0.3 is 4.74 Å². The summed E-state index contributed by atoms with van der Waals surface area (Å²) in [6, 6.07) is 9.17. The molecule has 1 aliphatic carbocycles. The zero-order chi connectivity index (χ0) is 15.8. The predicted octanol–water partition coefficient (Wildman–Crippen LogP) is 4.65. The highest BCUT2D eigenvalue weighted by molar-refractivity contribution is 5.33. The van der Waals surface area contributed by atoms with Crippen LogP contribution in [0.5, 0.6) is 5.75 Å². The van der Waals surface area contributed by atoms with E-state index in [0.717, 1.165) is 18.3 Å². The third-order valence-electron chi connectivity index (χ3n) is 5.23. The fourth-order valence-electron chi connectivity index (χ4n) is 4.90. The van der Waals surface area contributed by atoms with Crippen molar-refractivity contribution in [3.8, 4) is 5.75 Å². The lowest BCUT2D eigenvalue weighted by atomic mass is 9.65. The third kappa shape index (κ3) is 3.22. The topological polar surface area (TPSA) is 12.5 Å². The third-order valence-corrected chi connectivity index (χ3v) is 5.23. The number of fused-ring (bicyclic) bond motifs is 2. The molecule has 2 atom stereocenters. The molecule has 22 heavy (non-hydrogen) atoms. The molecule has 2 fully saturated rings. The van der Waals surface area contributed by atoms with Crippen LogP contribution in [0.25, 0.3) is 0 Å². The van der Waals surface area contributed by atoms with E-state index in [-0.39, 0.29) is 0 Å². The minimum Gasteiger partial charge on any atom is -0.489 e. The van der Waals surface area contributed by atoms with Crippen LogP contribution in [-0.2, 0) is 6.54 Å². The Morgan fingerprint density at radius 1 is 1.27 bits per heavy atom. The van der Waals surface area contributed by atoms with E-state index in [1.807, 2.05) is 6.08 Å². The van der Waals surface area contributed by atoms with Gasteiger partial charge in [0.15, 0.2) is 0 Å². The Balaban J connectivity index is 1.76. The van der Waals surface area contributed by atoms with Crippen LogP contribution >= 0.6 is 0 Å². The fraction of sp³-hybridized carbons (Fsp3) is 0.600. The maximum absolute atomic E-state index is 5.83. The van der Waals surface area contributed by atoms with Crippen LogP contribution in [0.3, 0.4) is 0 Å². The van der Waals surface area contributed by atoms with Crippen molar-refractivity contribution in [3.63, 3.8) is 0 Å². The van der Waals surface area contributed by atoms with Crippen LogP contribution in [0.1, 0.15) is 45.6 Å². The number of hydrogen-bond acceptors (Lipinski definition) is 2. The summed E-state index contributed by atoms with van der Waals surface area (Å²) in [6.07, 6.45) is 5.83. The van der Waals surface area contributed by atoms with Gasteiger partial charge >= 0.3 is 0 Å². The fourth-order valence-corrected chi connectivity index (χ4v) is 4.90. The monoisotopic (exact) mass is 299 g/mol. The minimum atomic E-state index is 0.477. The summed E-state index contributed by atoms with van der Waals surface area (Å²) in [4.78, 5) is 2.69. The van der Waals surface area contributed by atoms with Crippen LogP contribution in [0, 0.1) is 10.8 Å². The Morgan fingerprint density at radius 2 is 2.05 bits per heavy atom. The number of nitrogens with zero attached hydrogens (tertiary/aromatic N) is 1. The predicted molar refractivity (Wildman–Crippen MR) is 92.1 cm³/mol. The van der Waals surface area contributed by atoms with Gasteiger partial charge in [-0.2, -0.15) is 0 Å². The largest absolute Gasteiger partial charge is 0.489 e. The maximum Gasteiger partial charge on any atom is 0.124 e. The molecule has 1 saturated heterocycles. The lowest BCUT2D eigenvalue weighted by Gasteiger charge is -2.40. The molecular weight excluding hydrogens is 270 g/mol. The van der Waals surface area contributed by atoms with Gasteiger partial charge in [-0.15, -0.1) is 0 Å². The summed E-state index contributed by atoms with van der Waals surface area (Å²) in [5.74, 6) is 1.01. The Kier molecular flexibility index (Phi) is 4.07. The van der Waals surface area contributed by atoms with Crippen molar-refractivity contribution in [1.82, 2.24) is 4.90 Å². The quantitative estimate of drug-likeness (QED) is 0.734. The zero-order valence-electron chi connectivity index (χ0n) is 14.3. The summed E-state index contributed by atoms with van der Waals surface area (Å²) >= 11 is 0. The Hall–Kier alpha value is -1.28. The van der Waals surface area contributed by atoms with E-state index < -0.39 is 0 Å². The summed E-state index contributed by atoms with van der Waals surface area (Å²) < 4.78 is 5.83. The van der Waals surface area contributed by atoms with Crippen LogP contribution in [0.4, 0.5) is 0 Å². The van der Waals surface area contributed by atoms with E-state index in [1.54, 1.807) is 0 Å². The standard InChI is InChI=1S/C20H29NO/c1-5-10-22-18-9-7-6-8-16(18)13-21-15-20(4)12-17(21)11-19(2,3)14-20/h5-9,17H,1,10-15H2,2-4H3/t17-,20+/m0/s1. The summed E-state index contributed by atoms with van der Waals surface area (Å²) in [6.45, 7) is 13.9. The lowest BCUT2D eigenvalue weighted by Crippen LogP contribution is -2.34. The lowest BCUT2D eigenvalue weighted by molar-refractivity contribution is 0.126. The molecule has 1 heterocycles. The highest BCUT2D eigenvalue weighted by atomic mass is 16.5. The first-order valence-corrected chi connectivity index (χ1v) is 8.47. The Bertz CT molecular complexity index is 550. The molecule has 1 aromatic rings. The van der Waals surface area contributed by atoms with Gasteiger partial charge in [0.2, 0.25) is 0 Å². The SMILES string of the molecule is C=CCOc1ccccc1CN1C[C@]2(C)C[C@@H]1CC(C)(C)C2. The average Bonchev–Trinajstić information content (AvgIpc) is 2.66. The van der Waals surface area contributed by atoms with Gasteiger partial charge in [0.25, 0.3) is 0 Å². The van der Waals surface area contributed by atoms with Gasteiger partial charge in [0.05, 0.1) is 0 Å².